The molecule has 1 aliphatic heterocycles. The lowest BCUT2D eigenvalue weighted by Crippen LogP contribution is -2.59. The van der Waals surface area contributed by atoms with E-state index in [1.807, 2.05) is 42.6 Å². The molecule has 0 saturated carbocycles. The maximum Gasteiger partial charge on any atom is 0.258 e. The molecule has 4 rings (SSSR count). The van der Waals surface area contributed by atoms with Gasteiger partial charge in [0.05, 0.1) is 12.7 Å². The summed E-state index contributed by atoms with van der Waals surface area (Å²) < 4.78 is 5.40. The van der Waals surface area contributed by atoms with E-state index < -0.39 is 6.04 Å². The molecule has 1 fully saturated rings. The fourth-order valence-corrected chi connectivity index (χ4v) is 4.23. The quantitative estimate of drug-likeness (QED) is 0.523. The van der Waals surface area contributed by atoms with Crippen LogP contribution in [0.4, 0.5) is 0 Å². The number of hydrogen-bond acceptors (Lipinski definition) is 4. The van der Waals surface area contributed by atoms with Gasteiger partial charge in [0.25, 0.3) is 5.91 Å². The third kappa shape index (κ3) is 4.80. The minimum Gasteiger partial charge on any atom is -0.496 e. The molecule has 33 heavy (non-hydrogen) atoms. The summed E-state index contributed by atoms with van der Waals surface area (Å²) in [6.45, 7) is 5.15. The van der Waals surface area contributed by atoms with Gasteiger partial charge in [-0.3, -0.25) is 14.6 Å². The third-order valence-electron chi connectivity index (χ3n) is 5.88. The Hall–Kier alpha value is -3.93. The molecule has 1 aliphatic rings. The number of piperazine rings is 1. The summed E-state index contributed by atoms with van der Waals surface area (Å²) in [4.78, 5) is 34.6. The smallest absolute Gasteiger partial charge is 0.258 e. The molecule has 6 heteroatoms. The zero-order valence-electron chi connectivity index (χ0n) is 18.7. The van der Waals surface area contributed by atoms with E-state index in [4.69, 9.17) is 4.74 Å². The first-order valence-corrected chi connectivity index (χ1v) is 11.0. The maximum absolute atomic E-state index is 13.5. The van der Waals surface area contributed by atoms with Crippen LogP contribution in [0, 0.1) is 0 Å². The van der Waals surface area contributed by atoms with Crippen LogP contribution in [0.5, 0.6) is 5.75 Å². The summed E-state index contributed by atoms with van der Waals surface area (Å²) in [5.74, 6) is 0.226. The molecule has 0 spiro atoms. The maximum atomic E-state index is 13.5. The number of ether oxygens (including phenoxy) is 1. The number of nitrogens with zero attached hydrogens (tertiary/aromatic N) is 3. The van der Waals surface area contributed by atoms with Crippen molar-refractivity contribution in [2.45, 2.75) is 12.5 Å². The van der Waals surface area contributed by atoms with Crippen molar-refractivity contribution in [1.29, 1.82) is 0 Å². The fourth-order valence-electron chi connectivity index (χ4n) is 4.23. The monoisotopic (exact) mass is 441 g/mol. The number of aromatic nitrogens is 1. The minimum atomic E-state index is -0.611. The van der Waals surface area contributed by atoms with Crippen LogP contribution in [-0.4, -0.2) is 59.4 Å². The lowest BCUT2D eigenvalue weighted by atomic mass is 9.97. The van der Waals surface area contributed by atoms with E-state index in [-0.39, 0.29) is 11.8 Å². The highest BCUT2D eigenvalue weighted by Crippen LogP contribution is 2.26. The van der Waals surface area contributed by atoms with Gasteiger partial charge < -0.3 is 14.5 Å². The number of benzene rings is 2. The Morgan fingerprint density at radius 1 is 1.12 bits per heavy atom. The Balaban J connectivity index is 1.66. The molecule has 168 valence electrons. The topological polar surface area (TPSA) is 62.7 Å². The van der Waals surface area contributed by atoms with E-state index in [0.29, 0.717) is 37.4 Å². The lowest BCUT2D eigenvalue weighted by molar-refractivity contribution is -0.139. The predicted octanol–water partition coefficient (Wildman–Crippen LogP) is 3.84. The van der Waals surface area contributed by atoms with Gasteiger partial charge in [-0.05, 0) is 34.9 Å². The average Bonchev–Trinajstić information content (AvgIpc) is 2.87. The largest absolute Gasteiger partial charge is 0.496 e. The number of pyridine rings is 1. The van der Waals surface area contributed by atoms with Crippen LogP contribution in [0.3, 0.4) is 0 Å². The van der Waals surface area contributed by atoms with E-state index in [0.717, 1.165) is 16.7 Å². The number of carbonyl (C=O) groups is 2. The summed E-state index contributed by atoms with van der Waals surface area (Å²) in [5, 5.41) is 0. The van der Waals surface area contributed by atoms with Crippen LogP contribution < -0.4 is 4.74 Å². The molecule has 0 aliphatic carbocycles. The molecule has 2 amide bonds. The summed E-state index contributed by atoms with van der Waals surface area (Å²) in [6, 6.07) is 18.5. The Labute approximate surface area is 194 Å². The number of para-hydroxylation sites is 1. The van der Waals surface area contributed by atoms with Gasteiger partial charge in [-0.25, -0.2) is 0 Å². The molecular weight excluding hydrogens is 414 g/mol. The van der Waals surface area contributed by atoms with Crippen LogP contribution in [-0.2, 0) is 11.2 Å². The van der Waals surface area contributed by atoms with Gasteiger partial charge in [0.15, 0.2) is 0 Å². The van der Waals surface area contributed by atoms with Crippen molar-refractivity contribution >= 4 is 11.8 Å². The number of amides is 2. The van der Waals surface area contributed by atoms with Crippen LogP contribution in [0.25, 0.3) is 11.1 Å². The van der Waals surface area contributed by atoms with E-state index in [1.54, 1.807) is 47.4 Å². The number of methoxy groups -OCH3 is 1. The standard InChI is InChI=1S/C27H27N3O3/c1-3-14-29-15-16-30(26(31)23-11-4-5-12-25(23)33-2)24(27(29)32)18-20-8-6-9-21(17-20)22-10-7-13-28-19-22/h3-13,17,19,24H,1,14-16,18H2,2H3/t24-/m0/s1. The summed E-state index contributed by atoms with van der Waals surface area (Å²) in [6.07, 6.45) is 5.69. The number of rotatable bonds is 7. The minimum absolute atomic E-state index is 0.0730. The molecule has 2 heterocycles. The SMILES string of the molecule is C=CCN1CCN(C(=O)c2ccccc2OC)[C@@H](Cc2cccc(-c3cccnc3)c2)C1=O. The Kier molecular flexibility index (Phi) is 6.83. The second-order valence-electron chi connectivity index (χ2n) is 7.93. The van der Waals surface area contributed by atoms with Crippen molar-refractivity contribution in [1.82, 2.24) is 14.8 Å². The first kappa shape index (κ1) is 22.3. The van der Waals surface area contributed by atoms with E-state index in [1.165, 1.54) is 0 Å². The molecule has 0 N–H and O–H groups in total. The number of carbonyl (C=O) groups excluding carboxylic acids is 2. The van der Waals surface area contributed by atoms with Crippen molar-refractivity contribution in [3.8, 4) is 16.9 Å². The molecule has 2 aromatic carbocycles. The van der Waals surface area contributed by atoms with Gasteiger partial charge in [-0.2, -0.15) is 0 Å². The molecule has 1 aromatic heterocycles. The van der Waals surface area contributed by atoms with Gasteiger partial charge in [-0.15, -0.1) is 6.58 Å². The highest BCUT2D eigenvalue weighted by molar-refractivity contribution is 6.00. The van der Waals surface area contributed by atoms with Crippen molar-refractivity contribution in [2.75, 3.05) is 26.7 Å². The molecule has 1 atom stereocenters. The highest BCUT2D eigenvalue weighted by atomic mass is 16.5. The zero-order valence-corrected chi connectivity index (χ0v) is 18.7. The molecule has 0 radical (unpaired) electrons. The van der Waals surface area contributed by atoms with Gasteiger partial charge in [0, 0.05) is 38.4 Å². The molecule has 6 nitrogen and oxygen atoms in total. The van der Waals surface area contributed by atoms with Gasteiger partial charge in [0.2, 0.25) is 5.91 Å². The normalized spacial score (nSPS) is 15.9. The second kappa shape index (κ2) is 10.1. The van der Waals surface area contributed by atoms with Crippen LogP contribution in [0.1, 0.15) is 15.9 Å². The molecule has 3 aromatic rings. The van der Waals surface area contributed by atoms with Crippen molar-refractivity contribution < 1.29 is 14.3 Å². The van der Waals surface area contributed by atoms with E-state index in [9.17, 15) is 9.59 Å². The second-order valence-corrected chi connectivity index (χ2v) is 7.93. The molecular formula is C27H27N3O3. The van der Waals surface area contributed by atoms with Gasteiger partial charge in [-0.1, -0.05) is 48.5 Å². The van der Waals surface area contributed by atoms with E-state index >= 15 is 0 Å². The Bertz CT molecular complexity index is 1150. The van der Waals surface area contributed by atoms with E-state index in [2.05, 4.69) is 17.6 Å². The van der Waals surface area contributed by atoms with Crippen LogP contribution >= 0.6 is 0 Å². The molecule has 1 saturated heterocycles. The predicted molar refractivity (Wildman–Crippen MR) is 128 cm³/mol. The third-order valence-corrected chi connectivity index (χ3v) is 5.88. The first-order valence-electron chi connectivity index (χ1n) is 11.0. The zero-order chi connectivity index (χ0) is 23.2. The Morgan fingerprint density at radius 2 is 1.94 bits per heavy atom. The van der Waals surface area contributed by atoms with Gasteiger partial charge in [0.1, 0.15) is 11.8 Å². The van der Waals surface area contributed by atoms with Crippen molar-refractivity contribution in [2.24, 2.45) is 0 Å². The van der Waals surface area contributed by atoms with Gasteiger partial charge >= 0.3 is 0 Å². The summed E-state index contributed by atoms with van der Waals surface area (Å²) in [5.41, 5.74) is 3.46. The molecule has 0 bridgehead atoms. The molecule has 0 unspecified atom stereocenters. The highest BCUT2D eigenvalue weighted by Gasteiger charge is 2.38. The summed E-state index contributed by atoms with van der Waals surface area (Å²) >= 11 is 0. The number of hydrogen-bond donors (Lipinski definition) is 0. The van der Waals surface area contributed by atoms with Crippen molar-refractivity contribution in [3.05, 3.63) is 96.8 Å². The Morgan fingerprint density at radius 3 is 2.70 bits per heavy atom. The van der Waals surface area contributed by atoms with Crippen molar-refractivity contribution in [3.63, 3.8) is 0 Å². The van der Waals surface area contributed by atoms with Crippen LogP contribution in [0.15, 0.2) is 85.7 Å². The average molecular weight is 442 g/mol. The summed E-state index contributed by atoms with van der Waals surface area (Å²) in [7, 11) is 1.54. The fraction of sp³-hybridized carbons (Fsp3) is 0.222. The van der Waals surface area contributed by atoms with Crippen LogP contribution in [0.2, 0.25) is 0 Å². The first-order chi connectivity index (χ1) is 16.1. The lowest BCUT2D eigenvalue weighted by Gasteiger charge is -2.40.